The summed E-state index contributed by atoms with van der Waals surface area (Å²) in [4.78, 5) is 5.50. The van der Waals surface area contributed by atoms with Crippen LogP contribution in [0.15, 0.2) is 48.7 Å². The smallest absolute Gasteiger partial charge is 0.0822 e. The number of hydrogen-bond acceptors (Lipinski definition) is 3. The molecule has 0 aliphatic rings. The third kappa shape index (κ3) is 1.55. The first-order chi connectivity index (χ1) is 7.83. The number of nitrogen functional groups attached to an aromatic ring is 1. The highest BCUT2D eigenvalue weighted by atomic mass is 32.1. The van der Waals surface area contributed by atoms with E-state index in [0.29, 0.717) is 0 Å². The van der Waals surface area contributed by atoms with Crippen LogP contribution in [0.3, 0.4) is 0 Å². The van der Waals surface area contributed by atoms with Crippen LogP contribution >= 0.6 is 11.3 Å². The van der Waals surface area contributed by atoms with Gasteiger partial charge in [-0.15, -0.1) is 11.3 Å². The molecule has 2 N–H and O–H groups in total. The van der Waals surface area contributed by atoms with Crippen molar-refractivity contribution in [2.45, 2.75) is 0 Å². The topological polar surface area (TPSA) is 38.9 Å². The Hall–Kier alpha value is -1.87. The number of nitrogens with two attached hydrogens (primary N) is 1. The zero-order valence-electron chi connectivity index (χ0n) is 8.55. The van der Waals surface area contributed by atoms with E-state index >= 15 is 0 Å². The predicted octanol–water partition coefficient (Wildman–Crippen LogP) is 3.55. The first kappa shape index (κ1) is 9.36. The van der Waals surface area contributed by atoms with Gasteiger partial charge in [-0.05, 0) is 29.7 Å². The van der Waals surface area contributed by atoms with Crippen LogP contribution in [0.25, 0.3) is 20.7 Å². The Balaban J connectivity index is 2.19. The standard InChI is InChI=1S/C13H10N2S/c14-10-5-6-15-11(8-10)13-7-9-3-1-2-4-12(9)16-13/h1-8H,(H2,14,15). The summed E-state index contributed by atoms with van der Waals surface area (Å²) >= 11 is 1.74. The normalized spacial score (nSPS) is 10.8. The molecule has 0 unspecified atom stereocenters. The molecule has 0 aliphatic heterocycles. The maximum Gasteiger partial charge on any atom is 0.0822 e. The minimum absolute atomic E-state index is 0.752. The lowest BCUT2D eigenvalue weighted by molar-refractivity contribution is 1.34. The van der Waals surface area contributed by atoms with Gasteiger partial charge < -0.3 is 5.73 Å². The first-order valence-corrected chi connectivity index (χ1v) is 5.85. The minimum atomic E-state index is 0.752. The lowest BCUT2D eigenvalue weighted by Gasteiger charge is -1.96. The fourth-order valence-electron chi connectivity index (χ4n) is 1.69. The van der Waals surface area contributed by atoms with Crippen molar-refractivity contribution in [1.29, 1.82) is 0 Å². The van der Waals surface area contributed by atoms with Gasteiger partial charge in [0.15, 0.2) is 0 Å². The summed E-state index contributed by atoms with van der Waals surface area (Å²) in [6.07, 6.45) is 1.75. The Morgan fingerprint density at radius 1 is 1.06 bits per heavy atom. The van der Waals surface area contributed by atoms with E-state index in [0.717, 1.165) is 16.3 Å². The van der Waals surface area contributed by atoms with E-state index in [-0.39, 0.29) is 0 Å². The van der Waals surface area contributed by atoms with Crippen molar-refractivity contribution in [3.63, 3.8) is 0 Å². The van der Waals surface area contributed by atoms with Gasteiger partial charge in [0.05, 0.1) is 10.6 Å². The maximum absolute atomic E-state index is 5.75. The maximum atomic E-state index is 5.75. The molecule has 78 valence electrons. The van der Waals surface area contributed by atoms with Crippen LogP contribution < -0.4 is 5.73 Å². The van der Waals surface area contributed by atoms with Crippen LogP contribution in [-0.2, 0) is 0 Å². The molecule has 0 saturated carbocycles. The third-order valence-electron chi connectivity index (χ3n) is 2.46. The fraction of sp³-hybridized carbons (Fsp3) is 0. The number of nitrogens with zero attached hydrogens (tertiary/aromatic N) is 1. The lowest BCUT2D eigenvalue weighted by atomic mass is 10.2. The number of anilines is 1. The number of thiophene rings is 1. The molecule has 0 aliphatic carbocycles. The van der Waals surface area contributed by atoms with Crippen LogP contribution in [0.1, 0.15) is 0 Å². The minimum Gasteiger partial charge on any atom is -0.399 e. The van der Waals surface area contributed by atoms with Crippen molar-refractivity contribution in [2.75, 3.05) is 5.73 Å². The van der Waals surface area contributed by atoms with Gasteiger partial charge in [0.25, 0.3) is 0 Å². The summed E-state index contributed by atoms with van der Waals surface area (Å²) in [6, 6.07) is 14.2. The van der Waals surface area contributed by atoms with Gasteiger partial charge in [-0.2, -0.15) is 0 Å². The SMILES string of the molecule is Nc1ccnc(-c2cc3ccccc3s2)c1. The molecule has 0 saturated heterocycles. The van der Waals surface area contributed by atoms with Crippen molar-refractivity contribution in [3.05, 3.63) is 48.7 Å². The molecule has 3 heteroatoms. The number of rotatable bonds is 1. The van der Waals surface area contributed by atoms with Gasteiger partial charge in [-0.3, -0.25) is 4.98 Å². The van der Waals surface area contributed by atoms with Crippen LogP contribution in [0, 0.1) is 0 Å². The zero-order chi connectivity index (χ0) is 11.0. The summed E-state index contributed by atoms with van der Waals surface area (Å²) in [6.45, 7) is 0. The Labute approximate surface area is 97.4 Å². The molecule has 2 nitrogen and oxygen atoms in total. The van der Waals surface area contributed by atoms with Crippen molar-refractivity contribution >= 4 is 27.1 Å². The number of benzene rings is 1. The predicted molar refractivity (Wildman–Crippen MR) is 69.5 cm³/mol. The Kier molecular flexibility index (Phi) is 2.11. The van der Waals surface area contributed by atoms with Crippen LogP contribution in [0.4, 0.5) is 5.69 Å². The summed E-state index contributed by atoms with van der Waals surface area (Å²) in [5.74, 6) is 0. The summed E-state index contributed by atoms with van der Waals surface area (Å²) in [5, 5.41) is 1.26. The number of aromatic nitrogens is 1. The zero-order valence-corrected chi connectivity index (χ0v) is 9.37. The van der Waals surface area contributed by atoms with Crippen LogP contribution in [-0.4, -0.2) is 4.98 Å². The Bertz CT molecular complexity index is 610. The molecule has 1 aromatic carbocycles. The highest BCUT2D eigenvalue weighted by Crippen LogP contribution is 2.32. The molecule has 3 rings (SSSR count). The van der Waals surface area contributed by atoms with Crippen molar-refractivity contribution < 1.29 is 0 Å². The molecular weight excluding hydrogens is 216 g/mol. The van der Waals surface area contributed by atoms with Crippen LogP contribution in [0.2, 0.25) is 0 Å². The van der Waals surface area contributed by atoms with Crippen molar-refractivity contribution in [1.82, 2.24) is 4.98 Å². The van der Waals surface area contributed by atoms with E-state index in [4.69, 9.17) is 5.73 Å². The Morgan fingerprint density at radius 3 is 2.75 bits per heavy atom. The average Bonchev–Trinajstić information content (AvgIpc) is 2.72. The number of fused-ring (bicyclic) bond motifs is 1. The second-order valence-electron chi connectivity index (χ2n) is 3.62. The summed E-state index contributed by atoms with van der Waals surface area (Å²) in [7, 11) is 0. The monoisotopic (exact) mass is 226 g/mol. The average molecular weight is 226 g/mol. The lowest BCUT2D eigenvalue weighted by Crippen LogP contribution is -1.86. The second-order valence-corrected chi connectivity index (χ2v) is 4.71. The van der Waals surface area contributed by atoms with E-state index in [1.54, 1.807) is 23.6 Å². The molecule has 0 fully saturated rings. The number of hydrogen-bond donors (Lipinski definition) is 1. The van der Waals surface area contributed by atoms with Gasteiger partial charge in [0.1, 0.15) is 0 Å². The van der Waals surface area contributed by atoms with Crippen LogP contribution in [0.5, 0.6) is 0 Å². The fourth-order valence-corrected chi connectivity index (χ4v) is 2.72. The molecule has 3 aromatic rings. The van der Waals surface area contributed by atoms with E-state index < -0.39 is 0 Å². The highest BCUT2D eigenvalue weighted by molar-refractivity contribution is 7.22. The van der Waals surface area contributed by atoms with Gasteiger partial charge in [0, 0.05) is 16.6 Å². The highest BCUT2D eigenvalue weighted by Gasteiger charge is 2.04. The first-order valence-electron chi connectivity index (χ1n) is 5.03. The van der Waals surface area contributed by atoms with E-state index in [2.05, 4.69) is 29.2 Å². The van der Waals surface area contributed by atoms with Crippen molar-refractivity contribution in [3.8, 4) is 10.6 Å². The third-order valence-corrected chi connectivity index (χ3v) is 3.60. The molecule has 2 heterocycles. The molecule has 16 heavy (non-hydrogen) atoms. The Morgan fingerprint density at radius 2 is 1.94 bits per heavy atom. The molecule has 0 bridgehead atoms. The number of pyridine rings is 1. The van der Waals surface area contributed by atoms with Crippen molar-refractivity contribution in [2.24, 2.45) is 0 Å². The van der Waals surface area contributed by atoms with Gasteiger partial charge in [-0.1, -0.05) is 18.2 Å². The van der Waals surface area contributed by atoms with E-state index in [1.807, 2.05) is 12.1 Å². The second kappa shape index (κ2) is 3.61. The van der Waals surface area contributed by atoms with Gasteiger partial charge in [-0.25, -0.2) is 0 Å². The molecule has 0 amide bonds. The molecule has 0 radical (unpaired) electrons. The summed E-state index contributed by atoms with van der Waals surface area (Å²) in [5.41, 5.74) is 7.45. The molecule has 2 aromatic heterocycles. The van der Waals surface area contributed by atoms with E-state index in [1.165, 1.54) is 10.1 Å². The van der Waals surface area contributed by atoms with Gasteiger partial charge >= 0.3 is 0 Å². The molecule has 0 spiro atoms. The largest absolute Gasteiger partial charge is 0.399 e. The quantitative estimate of drug-likeness (QED) is 0.689. The molecular formula is C13H10N2S. The van der Waals surface area contributed by atoms with E-state index in [9.17, 15) is 0 Å². The summed E-state index contributed by atoms with van der Waals surface area (Å²) < 4.78 is 1.28. The van der Waals surface area contributed by atoms with Gasteiger partial charge in [0.2, 0.25) is 0 Å². The molecule has 0 atom stereocenters.